The number of hydrogen-bond acceptors (Lipinski definition) is 2. The zero-order valence-electron chi connectivity index (χ0n) is 9.32. The molecule has 3 nitrogen and oxygen atoms in total. The topological polar surface area (TPSA) is 30.7 Å². The second kappa shape index (κ2) is 3.71. The highest BCUT2D eigenvalue weighted by molar-refractivity contribution is 5.00. The summed E-state index contributed by atoms with van der Waals surface area (Å²) in [6.07, 6.45) is 3.38. The maximum atomic E-state index is 4.23. The summed E-state index contributed by atoms with van der Waals surface area (Å²) in [5, 5.41) is 8.46. The van der Waals surface area contributed by atoms with Crippen LogP contribution >= 0.6 is 0 Å². The minimum Gasteiger partial charge on any atom is -0.315 e. The number of nitrogens with zero attached hydrogens (tertiary/aromatic N) is 3. The van der Waals surface area contributed by atoms with Gasteiger partial charge in [-0.1, -0.05) is 20.8 Å². The third-order valence-corrected chi connectivity index (χ3v) is 3.32. The summed E-state index contributed by atoms with van der Waals surface area (Å²) in [5.41, 5.74) is 0. The molecule has 0 aromatic carbocycles. The van der Waals surface area contributed by atoms with Crippen molar-refractivity contribution in [3.63, 3.8) is 0 Å². The lowest BCUT2D eigenvalue weighted by atomic mass is 9.89. The van der Waals surface area contributed by atoms with Gasteiger partial charge in [0.05, 0.1) is 0 Å². The molecule has 1 aliphatic rings. The normalized spacial score (nSPS) is 21.3. The van der Waals surface area contributed by atoms with Crippen LogP contribution < -0.4 is 0 Å². The predicted octanol–water partition coefficient (Wildman–Crippen LogP) is 2.06. The highest BCUT2D eigenvalue weighted by atomic mass is 15.3. The van der Waals surface area contributed by atoms with E-state index >= 15 is 0 Å². The van der Waals surface area contributed by atoms with Crippen molar-refractivity contribution < 1.29 is 0 Å². The molecule has 0 spiro atoms. The SMILES string of the molecule is CCc1nnc2n1CC(C(C)C)CC2. The first kappa shape index (κ1) is 9.69. The van der Waals surface area contributed by atoms with Crippen LogP contribution in [0.25, 0.3) is 0 Å². The van der Waals surface area contributed by atoms with Gasteiger partial charge in [-0.15, -0.1) is 10.2 Å². The standard InChI is InChI=1S/C11H19N3/c1-4-10-12-13-11-6-5-9(8(2)3)7-14(10)11/h8-9H,4-7H2,1-3H3. The Kier molecular flexibility index (Phi) is 2.57. The summed E-state index contributed by atoms with van der Waals surface area (Å²) in [6.45, 7) is 7.90. The van der Waals surface area contributed by atoms with Crippen molar-refractivity contribution in [3.8, 4) is 0 Å². The molecule has 0 N–H and O–H groups in total. The lowest BCUT2D eigenvalue weighted by Gasteiger charge is -2.27. The van der Waals surface area contributed by atoms with E-state index in [1.807, 2.05) is 0 Å². The molecule has 0 bridgehead atoms. The Morgan fingerprint density at radius 1 is 1.43 bits per heavy atom. The van der Waals surface area contributed by atoms with Crippen molar-refractivity contribution in [1.29, 1.82) is 0 Å². The summed E-state index contributed by atoms with van der Waals surface area (Å²) >= 11 is 0. The molecular weight excluding hydrogens is 174 g/mol. The van der Waals surface area contributed by atoms with Gasteiger partial charge in [-0.2, -0.15) is 0 Å². The first-order valence-electron chi connectivity index (χ1n) is 5.63. The van der Waals surface area contributed by atoms with Gasteiger partial charge < -0.3 is 4.57 Å². The summed E-state index contributed by atoms with van der Waals surface area (Å²) in [6, 6.07) is 0. The molecule has 0 fully saturated rings. The van der Waals surface area contributed by atoms with Gasteiger partial charge >= 0.3 is 0 Å². The Morgan fingerprint density at radius 2 is 2.21 bits per heavy atom. The molecule has 0 saturated heterocycles. The minimum absolute atomic E-state index is 0.773. The Hall–Kier alpha value is -0.860. The van der Waals surface area contributed by atoms with Gasteiger partial charge in [0.15, 0.2) is 0 Å². The molecule has 78 valence electrons. The third-order valence-electron chi connectivity index (χ3n) is 3.32. The molecule has 14 heavy (non-hydrogen) atoms. The molecule has 1 aromatic heterocycles. The smallest absolute Gasteiger partial charge is 0.133 e. The van der Waals surface area contributed by atoms with E-state index < -0.39 is 0 Å². The molecule has 0 amide bonds. The quantitative estimate of drug-likeness (QED) is 0.719. The van der Waals surface area contributed by atoms with E-state index in [9.17, 15) is 0 Å². The van der Waals surface area contributed by atoms with Crippen LogP contribution in [0.2, 0.25) is 0 Å². The Balaban J connectivity index is 2.23. The Morgan fingerprint density at radius 3 is 2.86 bits per heavy atom. The van der Waals surface area contributed by atoms with E-state index in [2.05, 4.69) is 35.5 Å². The van der Waals surface area contributed by atoms with E-state index in [4.69, 9.17) is 0 Å². The van der Waals surface area contributed by atoms with Crippen LogP contribution in [0.1, 0.15) is 38.8 Å². The second-order valence-electron chi connectivity index (χ2n) is 4.54. The number of fused-ring (bicyclic) bond motifs is 1. The summed E-state index contributed by atoms with van der Waals surface area (Å²) in [7, 11) is 0. The summed E-state index contributed by atoms with van der Waals surface area (Å²) in [4.78, 5) is 0. The van der Waals surface area contributed by atoms with E-state index in [0.717, 1.165) is 37.0 Å². The van der Waals surface area contributed by atoms with Crippen molar-refractivity contribution in [2.24, 2.45) is 11.8 Å². The zero-order valence-corrected chi connectivity index (χ0v) is 9.32. The molecule has 1 aliphatic heterocycles. The molecule has 1 atom stereocenters. The van der Waals surface area contributed by atoms with Crippen molar-refractivity contribution in [2.45, 2.75) is 46.6 Å². The van der Waals surface area contributed by atoms with Gasteiger partial charge in [-0.3, -0.25) is 0 Å². The van der Waals surface area contributed by atoms with Gasteiger partial charge in [0.25, 0.3) is 0 Å². The fourth-order valence-corrected chi connectivity index (χ4v) is 2.21. The van der Waals surface area contributed by atoms with E-state index in [1.165, 1.54) is 12.2 Å². The average molecular weight is 193 g/mol. The number of rotatable bonds is 2. The second-order valence-corrected chi connectivity index (χ2v) is 4.54. The van der Waals surface area contributed by atoms with Crippen molar-refractivity contribution in [3.05, 3.63) is 11.6 Å². The average Bonchev–Trinajstić information content (AvgIpc) is 2.59. The molecule has 2 heterocycles. The van der Waals surface area contributed by atoms with Crippen molar-refractivity contribution in [2.75, 3.05) is 0 Å². The van der Waals surface area contributed by atoms with Gasteiger partial charge in [-0.25, -0.2) is 0 Å². The molecular formula is C11H19N3. The highest BCUT2D eigenvalue weighted by Gasteiger charge is 2.23. The minimum atomic E-state index is 0.773. The van der Waals surface area contributed by atoms with E-state index in [0.29, 0.717) is 0 Å². The molecule has 0 aliphatic carbocycles. The van der Waals surface area contributed by atoms with Gasteiger partial charge in [0.1, 0.15) is 11.6 Å². The van der Waals surface area contributed by atoms with Crippen LogP contribution in [-0.2, 0) is 19.4 Å². The Labute approximate surface area is 85.5 Å². The third kappa shape index (κ3) is 1.56. The van der Waals surface area contributed by atoms with Crippen LogP contribution in [0.15, 0.2) is 0 Å². The largest absolute Gasteiger partial charge is 0.315 e. The lowest BCUT2D eigenvalue weighted by molar-refractivity contribution is 0.279. The first-order chi connectivity index (χ1) is 6.72. The van der Waals surface area contributed by atoms with Crippen molar-refractivity contribution >= 4 is 0 Å². The van der Waals surface area contributed by atoms with Crippen LogP contribution in [0.3, 0.4) is 0 Å². The van der Waals surface area contributed by atoms with Gasteiger partial charge in [0.2, 0.25) is 0 Å². The molecule has 1 unspecified atom stereocenters. The van der Waals surface area contributed by atoms with Crippen LogP contribution in [0.5, 0.6) is 0 Å². The fraction of sp³-hybridized carbons (Fsp3) is 0.818. The number of hydrogen-bond donors (Lipinski definition) is 0. The summed E-state index contributed by atoms with van der Waals surface area (Å²) < 4.78 is 2.33. The maximum Gasteiger partial charge on any atom is 0.133 e. The lowest BCUT2D eigenvalue weighted by Crippen LogP contribution is -2.25. The van der Waals surface area contributed by atoms with Crippen LogP contribution in [-0.4, -0.2) is 14.8 Å². The van der Waals surface area contributed by atoms with E-state index in [1.54, 1.807) is 0 Å². The zero-order chi connectivity index (χ0) is 10.1. The predicted molar refractivity (Wildman–Crippen MR) is 56.0 cm³/mol. The first-order valence-corrected chi connectivity index (χ1v) is 5.63. The fourth-order valence-electron chi connectivity index (χ4n) is 2.21. The molecule has 0 radical (unpaired) electrons. The van der Waals surface area contributed by atoms with E-state index in [-0.39, 0.29) is 0 Å². The number of aryl methyl sites for hydroxylation is 2. The molecule has 2 rings (SSSR count). The highest BCUT2D eigenvalue weighted by Crippen LogP contribution is 2.25. The molecule has 3 heteroatoms. The van der Waals surface area contributed by atoms with Gasteiger partial charge in [0, 0.05) is 19.4 Å². The van der Waals surface area contributed by atoms with Crippen molar-refractivity contribution in [1.82, 2.24) is 14.8 Å². The number of aromatic nitrogens is 3. The Bertz CT molecular complexity index is 301. The van der Waals surface area contributed by atoms with Crippen LogP contribution in [0.4, 0.5) is 0 Å². The molecule has 1 aromatic rings. The maximum absolute atomic E-state index is 4.23. The monoisotopic (exact) mass is 193 g/mol. The van der Waals surface area contributed by atoms with Gasteiger partial charge in [-0.05, 0) is 18.3 Å². The molecule has 0 saturated carbocycles. The summed E-state index contributed by atoms with van der Waals surface area (Å²) in [5.74, 6) is 3.93. The van der Waals surface area contributed by atoms with Crippen LogP contribution in [0, 0.1) is 11.8 Å².